The molecule has 1 aromatic rings. The third kappa shape index (κ3) is 2.84. The first kappa shape index (κ1) is 12.1. The van der Waals surface area contributed by atoms with E-state index in [0.717, 1.165) is 5.56 Å². The van der Waals surface area contributed by atoms with E-state index in [4.69, 9.17) is 5.26 Å². The van der Waals surface area contributed by atoms with Crippen molar-refractivity contribution in [3.05, 3.63) is 35.9 Å². The van der Waals surface area contributed by atoms with E-state index in [9.17, 15) is 8.42 Å². The van der Waals surface area contributed by atoms with Crippen molar-refractivity contribution < 1.29 is 8.42 Å². The molecule has 0 spiro atoms. The zero-order valence-corrected chi connectivity index (χ0v) is 10.2. The van der Waals surface area contributed by atoms with Crippen LogP contribution in [0.4, 0.5) is 0 Å². The summed E-state index contributed by atoms with van der Waals surface area (Å²) in [6, 6.07) is 11.8. The first-order chi connectivity index (χ1) is 8.05. The molecule has 5 heteroatoms. The fourth-order valence-corrected chi connectivity index (χ4v) is 3.85. The average Bonchev–Trinajstić information content (AvgIpc) is 2.65. The van der Waals surface area contributed by atoms with E-state index in [2.05, 4.69) is 11.4 Å². The third-order valence-electron chi connectivity index (χ3n) is 2.99. The van der Waals surface area contributed by atoms with E-state index in [1.165, 1.54) is 0 Å². The van der Waals surface area contributed by atoms with Crippen molar-refractivity contribution >= 4 is 9.84 Å². The van der Waals surface area contributed by atoms with E-state index in [1.54, 1.807) is 0 Å². The normalized spacial score (nSPS) is 26.5. The Morgan fingerprint density at radius 3 is 2.59 bits per heavy atom. The molecule has 1 aromatic carbocycles. The van der Waals surface area contributed by atoms with Crippen molar-refractivity contribution in [2.24, 2.45) is 0 Å². The lowest BCUT2D eigenvalue weighted by Gasteiger charge is -2.20. The lowest BCUT2D eigenvalue weighted by atomic mass is 10.0. The molecule has 0 amide bonds. The summed E-state index contributed by atoms with van der Waals surface area (Å²) >= 11 is 0. The van der Waals surface area contributed by atoms with Gasteiger partial charge in [0.05, 0.1) is 17.6 Å². The summed E-state index contributed by atoms with van der Waals surface area (Å²) in [5, 5.41) is 12.2. The Balaban J connectivity index is 2.06. The van der Waals surface area contributed by atoms with Gasteiger partial charge in [0.2, 0.25) is 0 Å². The van der Waals surface area contributed by atoms with Crippen LogP contribution >= 0.6 is 0 Å². The summed E-state index contributed by atoms with van der Waals surface area (Å²) in [5.41, 5.74) is 0.140. The molecule has 1 aliphatic rings. The number of nitrogens with zero attached hydrogens (tertiary/aromatic N) is 1. The van der Waals surface area contributed by atoms with E-state index in [0.29, 0.717) is 13.0 Å². The molecule has 0 bridgehead atoms. The van der Waals surface area contributed by atoms with Gasteiger partial charge < -0.3 is 0 Å². The number of rotatable bonds is 3. The molecule has 0 aromatic heterocycles. The molecule has 17 heavy (non-hydrogen) atoms. The van der Waals surface area contributed by atoms with Gasteiger partial charge in [0.1, 0.15) is 5.54 Å². The van der Waals surface area contributed by atoms with Crippen molar-refractivity contribution in [2.75, 3.05) is 11.5 Å². The van der Waals surface area contributed by atoms with Gasteiger partial charge in [0, 0.05) is 6.54 Å². The topological polar surface area (TPSA) is 70.0 Å². The Bertz CT molecular complexity index is 533. The van der Waals surface area contributed by atoms with Crippen molar-refractivity contribution in [1.29, 1.82) is 5.26 Å². The van der Waals surface area contributed by atoms with E-state index in [-0.39, 0.29) is 11.5 Å². The zero-order valence-electron chi connectivity index (χ0n) is 9.39. The van der Waals surface area contributed by atoms with Crippen LogP contribution in [0.1, 0.15) is 12.0 Å². The predicted molar refractivity (Wildman–Crippen MR) is 64.9 cm³/mol. The number of nitrogens with one attached hydrogen (secondary N) is 1. The first-order valence-corrected chi connectivity index (χ1v) is 7.28. The van der Waals surface area contributed by atoms with Crippen molar-refractivity contribution in [2.45, 2.75) is 18.5 Å². The van der Waals surface area contributed by atoms with Crippen LogP contribution in [0.15, 0.2) is 30.3 Å². The molecule has 1 N–H and O–H groups in total. The second-order valence-corrected chi connectivity index (χ2v) is 6.56. The van der Waals surface area contributed by atoms with Crippen LogP contribution in [0.25, 0.3) is 0 Å². The van der Waals surface area contributed by atoms with Crippen LogP contribution in [0, 0.1) is 11.3 Å². The van der Waals surface area contributed by atoms with Gasteiger partial charge in [-0.05, 0) is 12.0 Å². The fourth-order valence-electron chi connectivity index (χ4n) is 1.98. The average molecular weight is 250 g/mol. The monoisotopic (exact) mass is 250 g/mol. The quantitative estimate of drug-likeness (QED) is 0.863. The molecule has 1 atom stereocenters. The molecule has 1 aliphatic heterocycles. The highest BCUT2D eigenvalue weighted by atomic mass is 32.2. The lowest BCUT2D eigenvalue weighted by molar-refractivity contribution is 0.454. The van der Waals surface area contributed by atoms with Crippen molar-refractivity contribution in [3.63, 3.8) is 0 Å². The molecular weight excluding hydrogens is 236 g/mol. The lowest BCUT2D eigenvalue weighted by Crippen LogP contribution is -2.44. The van der Waals surface area contributed by atoms with Crippen LogP contribution < -0.4 is 5.32 Å². The van der Waals surface area contributed by atoms with E-state index in [1.807, 2.05) is 30.3 Å². The highest BCUT2D eigenvalue weighted by Gasteiger charge is 2.42. The molecule has 90 valence electrons. The minimum absolute atomic E-state index is 0.0800. The predicted octanol–water partition coefficient (Wildman–Crippen LogP) is 0.857. The molecule has 2 rings (SSSR count). The van der Waals surface area contributed by atoms with Crippen LogP contribution in [0.2, 0.25) is 0 Å². The van der Waals surface area contributed by atoms with Gasteiger partial charge in [0.25, 0.3) is 0 Å². The number of sulfone groups is 1. The third-order valence-corrected chi connectivity index (χ3v) is 4.75. The molecule has 4 nitrogen and oxygen atoms in total. The second kappa shape index (κ2) is 4.47. The maximum atomic E-state index is 11.4. The van der Waals surface area contributed by atoms with Crippen LogP contribution in [0.5, 0.6) is 0 Å². The molecule has 1 unspecified atom stereocenters. The molecule has 1 heterocycles. The molecular formula is C12H14N2O2S. The van der Waals surface area contributed by atoms with Crippen LogP contribution in [-0.2, 0) is 16.4 Å². The highest BCUT2D eigenvalue weighted by molar-refractivity contribution is 7.91. The highest BCUT2D eigenvalue weighted by Crippen LogP contribution is 2.23. The van der Waals surface area contributed by atoms with Gasteiger partial charge in [-0.15, -0.1) is 0 Å². The summed E-state index contributed by atoms with van der Waals surface area (Å²) in [6.45, 7) is 0.518. The van der Waals surface area contributed by atoms with Gasteiger partial charge in [-0.1, -0.05) is 30.3 Å². The van der Waals surface area contributed by atoms with E-state index < -0.39 is 15.4 Å². The number of hydrogen-bond acceptors (Lipinski definition) is 4. The molecule has 0 radical (unpaired) electrons. The van der Waals surface area contributed by atoms with Gasteiger partial charge >= 0.3 is 0 Å². The molecule has 1 saturated heterocycles. The van der Waals surface area contributed by atoms with Gasteiger partial charge in [-0.3, -0.25) is 5.32 Å². The second-order valence-electron chi connectivity index (χ2n) is 4.38. The smallest absolute Gasteiger partial charge is 0.153 e. The van der Waals surface area contributed by atoms with Crippen LogP contribution in [-0.4, -0.2) is 25.5 Å². The first-order valence-electron chi connectivity index (χ1n) is 5.46. The summed E-state index contributed by atoms with van der Waals surface area (Å²) in [6.07, 6.45) is 0.374. The summed E-state index contributed by atoms with van der Waals surface area (Å²) in [5.74, 6) is 0.0195. The Morgan fingerprint density at radius 2 is 2.06 bits per heavy atom. The standard InChI is InChI=1S/C12H14N2O2S/c13-9-12(6-7-17(15,16)10-12)14-8-11-4-2-1-3-5-11/h1-5,14H,6-8,10H2. The largest absolute Gasteiger partial charge is 0.294 e. The van der Waals surface area contributed by atoms with Gasteiger partial charge in [0.15, 0.2) is 9.84 Å². The Morgan fingerprint density at radius 1 is 1.35 bits per heavy atom. The maximum Gasteiger partial charge on any atom is 0.153 e. The molecule has 0 saturated carbocycles. The Hall–Kier alpha value is -1.38. The molecule has 0 aliphatic carbocycles. The minimum atomic E-state index is -3.06. The number of nitriles is 1. The van der Waals surface area contributed by atoms with Gasteiger partial charge in [-0.2, -0.15) is 5.26 Å². The van der Waals surface area contributed by atoms with Crippen LogP contribution in [0.3, 0.4) is 0 Å². The number of hydrogen-bond donors (Lipinski definition) is 1. The zero-order chi connectivity index (χ0) is 12.4. The summed E-state index contributed by atoms with van der Waals surface area (Å²) in [7, 11) is -3.06. The number of benzene rings is 1. The fraction of sp³-hybridized carbons (Fsp3) is 0.417. The minimum Gasteiger partial charge on any atom is -0.294 e. The van der Waals surface area contributed by atoms with Crippen molar-refractivity contribution in [1.82, 2.24) is 5.32 Å². The molecule has 1 fully saturated rings. The SMILES string of the molecule is N#CC1(NCc2ccccc2)CCS(=O)(=O)C1. The van der Waals surface area contributed by atoms with E-state index >= 15 is 0 Å². The van der Waals surface area contributed by atoms with Gasteiger partial charge in [-0.25, -0.2) is 8.42 Å². The maximum absolute atomic E-state index is 11.4. The summed E-state index contributed by atoms with van der Waals surface area (Å²) < 4.78 is 22.9. The summed E-state index contributed by atoms with van der Waals surface area (Å²) in [4.78, 5) is 0. The Labute approximate surface area is 101 Å². The van der Waals surface area contributed by atoms with Crippen molar-refractivity contribution in [3.8, 4) is 6.07 Å². The Kier molecular flexibility index (Phi) is 3.18.